The normalized spacial score (nSPS) is 22.9. The Morgan fingerprint density at radius 3 is 2.83 bits per heavy atom. The van der Waals surface area contributed by atoms with E-state index in [1.54, 1.807) is 22.8 Å². The number of pyridine rings is 1. The number of aromatic nitrogens is 1. The number of rotatable bonds is 8. The maximum Gasteiger partial charge on any atom is 0.243 e. The second-order valence-corrected chi connectivity index (χ2v) is 6.72. The number of aliphatic hydroxyl groups is 2. The van der Waals surface area contributed by atoms with Crippen LogP contribution in [-0.4, -0.2) is 49.5 Å². The predicted octanol–water partition coefficient (Wildman–Crippen LogP) is 1.52. The van der Waals surface area contributed by atoms with E-state index in [0.717, 1.165) is 24.8 Å². The number of carbonyl (C=O) groups excluding carboxylic acids is 1. The van der Waals surface area contributed by atoms with Gasteiger partial charge in [-0.1, -0.05) is 30.7 Å². The lowest BCUT2D eigenvalue weighted by Crippen LogP contribution is -2.36. The van der Waals surface area contributed by atoms with Gasteiger partial charge in [-0.2, -0.15) is 0 Å². The number of hydrogen-bond donors (Lipinski definition) is 4. The smallest absolute Gasteiger partial charge is 0.243 e. The molecule has 1 amide bonds. The second kappa shape index (κ2) is 9.75. The van der Waals surface area contributed by atoms with Gasteiger partial charge in [0.15, 0.2) is 5.56 Å². The standard InChI is InChI=1S/C16H23N3O4S/c20-14(18-23)7-3-1-2-4-9-19-15(21)13(24-16(19)22)10-12-6-5-8-17-11-12/h5-6,8,10-11,15-16,21-23H,1-4,7,9H2,(H,18,20)/b13-10-. The summed E-state index contributed by atoms with van der Waals surface area (Å²) in [4.78, 5) is 17.3. The van der Waals surface area contributed by atoms with E-state index >= 15 is 0 Å². The average Bonchev–Trinajstić information content (AvgIpc) is 2.85. The van der Waals surface area contributed by atoms with E-state index in [0.29, 0.717) is 24.3 Å². The molecule has 0 saturated carbocycles. The molecule has 2 unspecified atom stereocenters. The van der Waals surface area contributed by atoms with Gasteiger partial charge >= 0.3 is 0 Å². The molecule has 4 N–H and O–H groups in total. The zero-order valence-corrected chi connectivity index (χ0v) is 14.2. The van der Waals surface area contributed by atoms with Crippen molar-refractivity contribution in [3.05, 3.63) is 35.0 Å². The van der Waals surface area contributed by atoms with Gasteiger partial charge in [-0.05, 0) is 30.5 Å². The van der Waals surface area contributed by atoms with Crippen LogP contribution in [0.3, 0.4) is 0 Å². The summed E-state index contributed by atoms with van der Waals surface area (Å²) in [6.07, 6.45) is 7.99. The lowest BCUT2D eigenvalue weighted by molar-refractivity contribution is -0.129. The topological polar surface area (TPSA) is 106 Å². The summed E-state index contributed by atoms with van der Waals surface area (Å²) < 4.78 is 0. The molecule has 8 heteroatoms. The molecule has 0 spiro atoms. The average molecular weight is 353 g/mol. The Labute approximate surface area is 145 Å². The molecular formula is C16H23N3O4S. The fourth-order valence-electron chi connectivity index (χ4n) is 2.49. The van der Waals surface area contributed by atoms with Crippen LogP contribution in [0.25, 0.3) is 6.08 Å². The van der Waals surface area contributed by atoms with Gasteiger partial charge in [-0.3, -0.25) is 15.0 Å². The van der Waals surface area contributed by atoms with E-state index in [1.807, 2.05) is 18.2 Å². The summed E-state index contributed by atoms with van der Waals surface area (Å²) in [6, 6.07) is 3.72. The number of nitrogens with zero attached hydrogens (tertiary/aromatic N) is 2. The molecule has 1 aromatic rings. The van der Waals surface area contributed by atoms with Crippen molar-refractivity contribution >= 4 is 23.7 Å². The Morgan fingerprint density at radius 2 is 2.12 bits per heavy atom. The molecule has 0 radical (unpaired) electrons. The van der Waals surface area contributed by atoms with Gasteiger partial charge in [0.05, 0.1) is 0 Å². The predicted molar refractivity (Wildman–Crippen MR) is 91.5 cm³/mol. The number of nitrogens with one attached hydrogen (secondary N) is 1. The van der Waals surface area contributed by atoms with Crippen molar-refractivity contribution in [2.24, 2.45) is 0 Å². The highest BCUT2D eigenvalue weighted by Crippen LogP contribution is 2.37. The Balaban J connectivity index is 1.76. The molecule has 1 fully saturated rings. The number of amides is 1. The van der Waals surface area contributed by atoms with Crippen LogP contribution < -0.4 is 5.48 Å². The SMILES string of the molecule is O=C(CCCCCCN1C(O)S/C(=C\c2cccnc2)C1O)NO. The van der Waals surface area contributed by atoms with Gasteiger partial charge in [0.2, 0.25) is 5.91 Å². The maximum atomic E-state index is 10.9. The first-order valence-electron chi connectivity index (χ1n) is 7.95. The van der Waals surface area contributed by atoms with Crippen molar-refractivity contribution < 1.29 is 20.2 Å². The van der Waals surface area contributed by atoms with Crippen LogP contribution in [0.1, 0.15) is 37.7 Å². The first-order chi connectivity index (χ1) is 11.6. The Hall–Kier alpha value is -1.45. The third-order valence-corrected chi connectivity index (χ3v) is 4.86. The molecule has 0 aliphatic carbocycles. The number of thioether (sulfide) groups is 1. The number of unbranched alkanes of at least 4 members (excludes halogenated alkanes) is 3. The zero-order valence-electron chi connectivity index (χ0n) is 13.3. The summed E-state index contributed by atoms with van der Waals surface area (Å²) >= 11 is 1.24. The van der Waals surface area contributed by atoms with E-state index in [2.05, 4.69) is 4.98 Å². The third-order valence-electron chi connectivity index (χ3n) is 3.78. The third kappa shape index (κ3) is 5.57. The van der Waals surface area contributed by atoms with Crippen LogP contribution in [0.15, 0.2) is 29.4 Å². The molecule has 2 heterocycles. The lowest BCUT2D eigenvalue weighted by Gasteiger charge is -2.22. The molecule has 24 heavy (non-hydrogen) atoms. The molecule has 1 saturated heterocycles. The molecule has 1 aromatic heterocycles. The van der Waals surface area contributed by atoms with E-state index < -0.39 is 11.8 Å². The number of hydroxylamine groups is 1. The summed E-state index contributed by atoms with van der Waals surface area (Å²) in [5.41, 5.74) is 1.73. The minimum atomic E-state index is -0.814. The first kappa shape index (κ1) is 18.9. The highest BCUT2D eigenvalue weighted by molar-refractivity contribution is 8.03. The number of carbonyl (C=O) groups is 1. The van der Waals surface area contributed by atoms with E-state index in [-0.39, 0.29) is 5.91 Å². The van der Waals surface area contributed by atoms with Gasteiger partial charge in [-0.25, -0.2) is 10.4 Å². The van der Waals surface area contributed by atoms with Gasteiger partial charge < -0.3 is 10.2 Å². The van der Waals surface area contributed by atoms with Crippen LogP contribution in [0.5, 0.6) is 0 Å². The van der Waals surface area contributed by atoms with Crippen molar-refractivity contribution in [1.82, 2.24) is 15.4 Å². The molecule has 0 bridgehead atoms. The van der Waals surface area contributed by atoms with E-state index in [4.69, 9.17) is 5.21 Å². The summed E-state index contributed by atoms with van der Waals surface area (Å²) in [6.45, 7) is 0.575. The van der Waals surface area contributed by atoms with E-state index in [1.165, 1.54) is 11.8 Å². The van der Waals surface area contributed by atoms with Crippen LogP contribution in [0.4, 0.5) is 0 Å². The molecule has 7 nitrogen and oxygen atoms in total. The van der Waals surface area contributed by atoms with Crippen molar-refractivity contribution in [1.29, 1.82) is 0 Å². The van der Waals surface area contributed by atoms with Crippen molar-refractivity contribution in [2.45, 2.75) is 43.9 Å². The molecule has 1 aliphatic heterocycles. The number of hydrogen-bond acceptors (Lipinski definition) is 7. The molecule has 2 rings (SSSR count). The monoisotopic (exact) mass is 353 g/mol. The van der Waals surface area contributed by atoms with Gasteiger partial charge in [0, 0.05) is 30.3 Å². The lowest BCUT2D eigenvalue weighted by atomic mass is 10.1. The molecule has 2 atom stereocenters. The van der Waals surface area contributed by atoms with Crippen LogP contribution in [0.2, 0.25) is 0 Å². The zero-order chi connectivity index (χ0) is 17.4. The minimum Gasteiger partial charge on any atom is -0.373 e. The minimum absolute atomic E-state index is 0.305. The maximum absolute atomic E-state index is 10.9. The van der Waals surface area contributed by atoms with Crippen LogP contribution >= 0.6 is 11.8 Å². The Bertz CT molecular complexity index is 556. The van der Waals surface area contributed by atoms with Gasteiger partial charge in [0.1, 0.15) is 6.23 Å². The summed E-state index contributed by atoms with van der Waals surface area (Å²) in [5, 5.41) is 28.9. The Morgan fingerprint density at radius 1 is 1.33 bits per heavy atom. The molecular weight excluding hydrogens is 330 g/mol. The second-order valence-electron chi connectivity index (χ2n) is 5.59. The molecule has 1 aliphatic rings. The largest absolute Gasteiger partial charge is 0.373 e. The van der Waals surface area contributed by atoms with Crippen LogP contribution in [0, 0.1) is 0 Å². The molecule has 0 aromatic carbocycles. The fraction of sp³-hybridized carbons (Fsp3) is 0.500. The Kier molecular flexibility index (Phi) is 7.67. The first-order valence-corrected chi connectivity index (χ1v) is 8.83. The highest BCUT2D eigenvalue weighted by Gasteiger charge is 2.35. The van der Waals surface area contributed by atoms with Crippen molar-refractivity contribution in [2.75, 3.05) is 6.54 Å². The van der Waals surface area contributed by atoms with Crippen molar-refractivity contribution in [3.8, 4) is 0 Å². The fourth-order valence-corrected chi connectivity index (χ4v) is 3.55. The van der Waals surface area contributed by atoms with Gasteiger partial charge in [0.25, 0.3) is 0 Å². The number of aliphatic hydroxyl groups excluding tert-OH is 2. The summed E-state index contributed by atoms with van der Waals surface area (Å²) in [5.74, 6) is -0.373. The van der Waals surface area contributed by atoms with E-state index in [9.17, 15) is 15.0 Å². The van der Waals surface area contributed by atoms with Crippen molar-refractivity contribution in [3.63, 3.8) is 0 Å². The van der Waals surface area contributed by atoms with Crippen LogP contribution in [-0.2, 0) is 4.79 Å². The van der Waals surface area contributed by atoms with Gasteiger partial charge in [-0.15, -0.1) is 0 Å². The highest BCUT2D eigenvalue weighted by atomic mass is 32.2. The quantitative estimate of drug-likeness (QED) is 0.319. The summed E-state index contributed by atoms with van der Waals surface area (Å²) in [7, 11) is 0. The molecule has 132 valence electrons.